The van der Waals surface area contributed by atoms with Crippen LogP contribution in [0.2, 0.25) is 0 Å². The topological polar surface area (TPSA) is 93.4 Å². The van der Waals surface area contributed by atoms with Gasteiger partial charge in [-0.1, -0.05) is 60.7 Å². The summed E-state index contributed by atoms with van der Waals surface area (Å²) in [6.07, 6.45) is 4.02. The zero-order valence-electron chi connectivity index (χ0n) is 25.1. The molecule has 6 fully saturated rings. The van der Waals surface area contributed by atoms with Gasteiger partial charge >= 0.3 is 11.9 Å². The van der Waals surface area contributed by atoms with Crippen LogP contribution in [0.5, 0.6) is 0 Å². The summed E-state index contributed by atoms with van der Waals surface area (Å²) in [4.78, 5) is 32.0. The Hall–Kier alpha value is -2.34. The molecule has 4 bridgehead atoms. The summed E-state index contributed by atoms with van der Waals surface area (Å²) in [5.41, 5.74) is 1.69. The quantitative estimate of drug-likeness (QED) is 0.279. The molecule has 0 N–H and O–H groups in total. The minimum atomic E-state index is -0.590. The average Bonchev–Trinajstić information content (AvgIpc) is 3.92. The smallest absolute Gasteiger partial charge is 0.316 e. The van der Waals surface area contributed by atoms with Crippen molar-refractivity contribution in [1.29, 1.82) is 0 Å². The minimum absolute atomic E-state index is 0. The maximum atomic E-state index is 13.6. The van der Waals surface area contributed by atoms with Gasteiger partial charge in [0.1, 0.15) is 48.5 Å². The SMILES string of the molecule is Br.CN1[C@@H]2C[C@@H](OC(=O)[C@H](COC[C@@H](C(=O)O[C@@H]3C[C@@H]4[C@H]5O[C@H]5[C@H](C3)N4C)c3ccccc3)c3ccccc3)C[C@H]1[C@@H]1O[C@@H]12. The zero-order chi connectivity index (χ0) is 29.2. The Morgan fingerprint density at radius 1 is 0.659 bits per heavy atom. The Morgan fingerprint density at radius 2 is 1.00 bits per heavy atom. The van der Waals surface area contributed by atoms with Crippen LogP contribution in [0.1, 0.15) is 48.6 Å². The van der Waals surface area contributed by atoms with Crippen molar-refractivity contribution in [3.63, 3.8) is 0 Å². The number of nitrogens with zero attached hydrogens (tertiary/aromatic N) is 2. The van der Waals surface area contributed by atoms with Crippen LogP contribution in [0.3, 0.4) is 0 Å². The van der Waals surface area contributed by atoms with E-state index in [0.717, 1.165) is 36.8 Å². The standard InChI is InChI=1S/C34H40N2O7.BrH/c1-35-25-13-21(14-26(35)30-29(25)42-30)40-33(37)23(19-9-5-3-6-10-19)17-39-18-24(20-11-7-4-8-12-20)34(38)41-22-15-27-31-32(43-31)28(16-22)36(27)2;/h3-12,21-32H,13-18H2,1-2H3;1H/t21-,22-,23-,24-,25-,26+,27-,28+,29-,30+,31-,32+;/m1./s1. The molecule has 6 heterocycles. The van der Waals surface area contributed by atoms with Gasteiger partial charge in [-0.25, -0.2) is 0 Å². The summed E-state index contributed by atoms with van der Waals surface area (Å²) in [6, 6.07) is 20.5. The predicted octanol–water partition coefficient (Wildman–Crippen LogP) is 3.46. The summed E-state index contributed by atoms with van der Waals surface area (Å²) >= 11 is 0. The third-order valence-electron chi connectivity index (χ3n) is 10.9. The Balaban J connectivity index is 0.00000312. The third-order valence-corrected chi connectivity index (χ3v) is 10.9. The molecule has 6 aliphatic rings. The number of carbonyl (C=O) groups is 2. The van der Waals surface area contributed by atoms with Gasteiger partial charge in [0.25, 0.3) is 0 Å². The maximum Gasteiger partial charge on any atom is 0.316 e. The van der Waals surface area contributed by atoms with Gasteiger partial charge in [-0.2, -0.15) is 0 Å². The molecule has 0 aromatic heterocycles. The summed E-state index contributed by atoms with van der Waals surface area (Å²) in [5, 5.41) is 0. The van der Waals surface area contributed by atoms with Gasteiger partial charge in [-0.15, -0.1) is 17.0 Å². The Labute approximate surface area is 268 Å². The first-order valence-corrected chi connectivity index (χ1v) is 15.8. The minimum Gasteiger partial charge on any atom is -0.462 e. The van der Waals surface area contributed by atoms with Crippen LogP contribution in [0.15, 0.2) is 60.7 Å². The van der Waals surface area contributed by atoms with Crippen molar-refractivity contribution in [3.8, 4) is 0 Å². The molecular weight excluding hydrogens is 628 g/mol. The number of morpholine rings is 2. The first-order chi connectivity index (χ1) is 21.0. The monoisotopic (exact) mass is 668 g/mol. The highest BCUT2D eigenvalue weighted by molar-refractivity contribution is 8.93. The summed E-state index contributed by atoms with van der Waals surface area (Å²) in [5.74, 6) is -1.74. The van der Waals surface area contributed by atoms with E-state index >= 15 is 0 Å². The Morgan fingerprint density at radius 3 is 1.34 bits per heavy atom. The van der Waals surface area contributed by atoms with E-state index in [1.165, 1.54) is 0 Å². The summed E-state index contributed by atoms with van der Waals surface area (Å²) in [7, 11) is 4.29. The van der Waals surface area contributed by atoms with E-state index in [4.69, 9.17) is 23.7 Å². The largest absolute Gasteiger partial charge is 0.462 e. The number of likely N-dealkylation sites (N-methyl/N-ethyl adjacent to an activating group) is 2. The lowest BCUT2D eigenvalue weighted by atomic mass is 9.97. The Kier molecular flexibility index (Phi) is 8.35. The van der Waals surface area contributed by atoms with Crippen LogP contribution in [0, 0.1) is 0 Å². The van der Waals surface area contributed by atoms with Crippen LogP contribution < -0.4 is 0 Å². The lowest BCUT2D eigenvalue weighted by Crippen LogP contribution is -2.48. The molecule has 0 aliphatic carbocycles. The fourth-order valence-corrected chi connectivity index (χ4v) is 8.36. The van der Waals surface area contributed by atoms with E-state index in [2.05, 4.69) is 23.9 Å². The van der Waals surface area contributed by atoms with E-state index in [-0.39, 0.29) is 78.8 Å². The van der Waals surface area contributed by atoms with Crippen molar-refractivity contribution in [1.82, 2.24) is 9.80 Å². The van der Waals surface area contributed by atoms with Crippen LogP contribution in [-0.4, -0.2) is 110 Å². The van der Waals surface area contributed by atoms with Crippen molar-refractivity contribution in [2.75, 3.05) is 27.3 Å². The lowest BCUT2D eigenvalue weighted by Gasteiger charge is -2.38. The van der Waals surface area contributed by atoms with E-state index in [1.54, 1.807) is 0 Å². The number of esters is 2. The van der Waals surface area contributed by atoms with E-state index in [9.17, 15) is 9.59 Å². The molecule has 2 aromatic rings. The second-order valence-corrected chi connectivity index (χ2v) is 13.3. The van der Waals surface area contributed by atoms with Crippen molar-refractivity contribution in [2.45, 2.75) is 98.3 Å². The van der Waals surface area contributed by atoms with Gasteiger partial charge < -0.3 is 23.7 Å². The molecule has 236 valence electrons. The van der Waals surface area contributed by atoms with Crippen molar-refractivity contribution >= 4 is 28.9 Å². The molecule has 12 atom stereocenters. The molecule has 0 radical (unpaired) electrons. The molecule has 0 unspecified atom stereocenters. The fourth-order valence-electron chi connectivity index (χ4n) is 8.36. The highest BCUT2D eigenvalue weighted by Crippen LogP contribution is 2.49. The number of hydrogen-bond acceptors (Lipinski definition) is 9. The zero-order valence-corrected chi connectivity index (χ0v) is 26.8. The van der Waals surface area contributed by atoms with Gasteiger partial charge in [0.15, 0.2) is 0 Å². The second kappa shape index (κ2) is 12.1. The lowest BCUT2D eigenvalue weighted by molar-refractivity contribution is -0.158. The molecule has 9 nitrogen and oxygen atoms in total. The summed E-state index contributed by atoms with van der Waals surface area (Å²) < 4.78 is 30.1. The number of carbonyl (C=O) groups excluding carboxylic acids is 2. The number of ether oxygens (including phenoxy) is 5. The number of hydrogen-bond donors (Lipinski definition) is 0. The number of epoxide rings is 2. The van der Waals surface area contributed by atoms with Gasteiger partial charge in [0, 0.05) is 49.9 Å². The van der Waals surface area contributed by atoms with Crippen molar-refractivity contribution in [2.24, 2.45) is 0 Å². The first-order valence-electron chi connectivity index (χ1n) is 15.8. The van der Waals surface area contributed by atoms with Crippen molar-refractivity contribution in [3.05, 3.63) is 71.8 Å². The number of benzene rings is 2. The molecule has 2 aromatic carbocycles. The van der Waals surface area contributed by atoms with E-state index < -0.39 is 11.8 Å². The molecule has 8 rings (SSSR count). The van der Waals surface area contributed by atoms with Crippen LogP contribution in [0.4, 0.5) is 0 Å². The average molecular weight is 670 g/mol. The second-order valence-electron chi connectivity index (χ2n) is 13.3. The third kappa shape index (κ3) is 5.52. The van der Waals surface area contributed by atoms with Gasteiger partial charge in [0.05, 0.1) is 13.2 Å². The van der Waals surface area contributed by atoms with Gasteiger partial charge in [-0.3, -0.25) is 19.4 Å². The molecule has 44 heavy (non-hydrogen) atoms. The van der Waals surface area contributed by atoms with E-state index in [1.807, 2.05) is 60.7 Å². The molecule has 6 aliphatic heterocycles. The van der Waals surface area contributed by atoms with Crippen LogP contribution in [0.25, 0.3) is 0 Å². The molecule has 0 spiro atoms. The molecule has 6 saturated heterocycles. The van der Waals surface area contributed by atoms with Gasteiger partial charge in [-0.05, 0) is 25.2 Å². The van der Waals surface area contributed by atoms with Crippen molar-refractivity contribution < 1.29 is 33.3 Å². The number of fused-ring (bicyclic) bond motifs is 10. The molecule has 10 heteroatoms. The number of piperidine rings is 2. The molecule has 0 amide bonds. The first kappa shape index (κ1) is 30.3. The number of halogens is 1. The normalized spacial score (nSPS) is 37.6. The highest BCUT2D eigenvalue weighted by atomic mass is 79.9. The Bertz CT molecular complexity index is 1210. The maximum absolute atomic E-state index is 13.6. The van der Waals surface area contributed by atoms with Crippen LogP contribution in [-0.2, 0) is 33.3 Å². The van der Waals surface area contributed by atoms with Crippen LogP contribution >= 0.6 is 17.0 Å². The molecule has 0 saturated carbocycles. The summed E-state index contributed by atoms with van der Waals surface area (Å²) in [6.45, 7) is 0.235. The van der Waals surface area contributed by atoms with E-state index in [0.29, 0.717) is 24.2 Å². The fraction of sp³-hybridized carbons (Fsp3) is 0.588. The molecular formula is C34H41BrN2O7. The highest BCUT2D eigenvalue weighted by Gasteiger charge is 2.64. The van der Waals surface area contributed by atoms with Gasteiger partial charge in [0.2, 0.25) is 0 Å². The number of rotatable bonds is 10. The predicted molar refractivity (Wildman–Crippen MR) is 166 cm³/mol.